The molecule has 27 heavy (non-hydrogen) atoms. The summed E-state index contributed by atoms with van der Waals surface area (Å²) in [6.07, 6.45) is -4.53. The maximum absolute atomic E-state index is 13.6. The molecule has 2 heterocycles. The second-order valence-corrected chi connectivity index (χ2v) is 5.86. The molecule has 0 saturated carbocycles. The number of carbonyl (C=O) groups excluding carboxylic acids is 1. The first-order chi connectivity index (χ1) is 12.7. The van der Waals surface area contributed by atoms with Crippen molar-refractivity contribution in [1.29, 1.82) is 0 Å². The number of nitrogens with one attached hydrogen (secondary N) is 1. The normalized spacial score (nSPS) is 16.5. The summed E-state index contributed by atoms with van der Waals surface area (Å²) in [7, 11) is 2.75. The van der Waals surface area contributed by atoms with Crippen molar-refractivity contribution in [3.63, 3.8) is 0 Å². The Morgan fingerprint density at radius 2 is 2.00 bits per heavy atom. The van der Waals surface area contributed by atoms with Crippen molar-refractivity contribution in [3.8, 4) is 17.2 Å². The zero-order valence-corrected chi connectivity index (χ0v) is 14.3. The maximum atomic E-state index is 13.6. The van der Waals surface area contributed by atoms with Gasteiger partial charge in [-0.05, 0) is 12.1 Å². The maximum Gasteiger partial charge on any atom is 0.397 e. The molecule has 1 atom stereocenters. The van der Waals surface area contributed by atoms with Crippen LogP contribution in [0.1, 0.15) is 28.4 Å². The molecule has 7 nitrogen and oxygen atoms in total. The summed E-state index contributed by atoms with van der Waals surface area (Å²) in [4.78, 5) is 23.3. The first kappa shape index (κ1) is 18.6. The van der Waals surface area contributed by atoms with Crippen LogP contribution in [0.25, 0.3) is 5.69 Å². The van der Waals surface area contributed by atoms with Crippen molar-refractivity contribution in [3.05, 3.63) is 35.7 Å². The van der Waals surface area contributed by atoms with Crippen molar-refractivity contribution >= 4 is 17.6 Å². The number of aromatic nitrogens is 1. The minimum atomic E-state index is -4.74. The number of alkyl halides is 3. The Hall–Kier alpha value is -3.17. The predicted octanol–water partition coefficient (Wildman–Crippen LogP) is 3.18. The monoisotopic (exact) mass is 384 g/mol. The smallest absolute Gasteiger partial charge is 0.397 e. The number of halogens is 3. The number of hydrogen-bond acceptors (Lipinski definition) is 4. The van der Waals surface area contributed by atoms with E-state index in [9.17, 15) is 27.9 Å². The van der Waals surface area contributed by atoms with E-state index in [-0.39, 0.29) is 22.8 Å². The number of anilines is 1. The second-order valence-electron chi connectivity index (χ2n) is 5.86. The van der Waals surface area contributed by atoms with E-state index in [1.54, 1.807) is 0 Å². The van der Waals surface area contributed by atoms with Crippen LogP contribution < -0.4 is 14.8 Å². The van der Waals surface area contributed by atoms with Crippen LogP contribution in [-0.2, 0) is 4.79 Å². The fourth-order valence-electron chi connectivity index (χ4n) is 3.08. The number of carbonyl (C=O) groups is 2. The number of hydrogen-bond donors (Lipinski definition) is 2. The molecule has 3 rings (SSSR count). The molecular weight excluding hydrogens is 369 g/mol. The molecule has 1 aromatic heterocycles. The molecule has 0 fully saturated rings. The van der Waals surface area contributed by atoms with Crippen molar-refractivity contribution in [2.24, 2.45) is 0 Å². The molecule has 0 radical (unpaired) electrons. The Morgan fingerprint density at radius 1 is 1.30 bits per heavy atom. The number of fused-ring (bicyclic) bond motifs is 1. The molecule has 1 aliphatic rings. The van der Waals surface area contributed by atoms with Gasteiger partial charge in [0.05, 0.1) is 31.3 Å². The van der Waals surface area contributed by atoms with Gasteiger partial charge < -0.3 is 24.5 Å². The van der Waals surface area contributed by atoms with Gasteiger partial charge in [-0.25, -0.2) is 4.79 Å². The molecule has 0 saturated heterocycles. The van der Waals surface area contributed by atoms with E-state index in [1.165, 1.54) is 32.4 Å². The highest BCUT2D eigenvalue weighted by atomic mass is 19.4. The number of carboxylic acids is 1. The standard InChI is InChI=1S/C17H15F3N2O5/c1-26-8-3-4-11(12(5-8)27-2)22-7-9(16(24)25)14-15(22)10(17(18,19)20)6-13(23)21-14/h3-5,7,10H,6H2,1-2H3,(H,21,23)(H,24,25)/t10-/m0/s1. The molecule has 0 bridgehead atoms. The number of benzene rings is 1. The highest BCUT2D eigenvalue weighted by Gasteiger charge is 2.48. The number of rotatable bonds is 4. The Morgan fingerprint density at radius 3 is 2.56 bits per heavy atom. The van der Waals surface area contributed by atoms with Gasteiger partial charge in [-0.1, -0.05) is 0 Å². The first-order valence-corrected chi connectivity index (χ1v) is 7.74. The number of carboxylic acid groups (broad SMARTS) is 1. The summed E-state index contributed by atoms with van der Waals surface area (Å²) >= 11 is 0. The van der Waals surface area contributed by atoms with Crippen LogP contribution in [0, 0.1) is 0 Å². The molecule has 10 heteroatoms. The third-order valence-electron chi connectivity index (χ3n) is 4.30. The Labute approximate surface area is 151 Å². The Bertz CT molecular complexity index is 920. The lowest BCUT2D eigenvalue weighted by atomic mass is 9.94. The molecule has 144 valence electrons. The summed E-state index contributed by atoms with van der Waals surface area (Å²) in [6.45, 7) is 0. The fraction of sp³-hybridized carbons (Fsp3) is 0.294. The quantitative estimate of drug-likeness (QED) is 0.845. The predicted molar refractivity (Wildman–Crippen MR) is 87.9 cm³/mol. The van der Waals surface area contributed by atoms with Gasteiger partial charge in [0.2, 0.25) is 5.91 Å². The van der Waals surface area contributed by atoms with Crippen molar-refractivity contribution in [1.82, 2.24) is 4.57 Å². The van der Waals surface area contributed by atoms with Gasteiger partial charge in [0.25, 0.3) is 0 Å². The highest BCUT2D eigenvalue weighted by Crippen LogP contribution is 2.47. The van der Waals surface area contributed by atoms with Crippen LogP contribution in [0.4, 0.5) is 18.9 Å². The topological polar surface area (TPSA) is 89.8 Å². The summed E-state index contributed by atoms with van der Waals surface area (Å²) in [6, 6.07) is 4.42. The number of aromatic carboxylic acids is 1. The van der Waals surface area contributed by atoms with Crippen LogP contribution in [0.5, 0.6) is 11.5 Å². The average Bonchev–Trinajstić information content (AvgIpc) is 2.98. The van der Waals surface area contributed by atoms with Gasteiger partial charge in [-0.3, -0.25) is 4.79 Å². The highest BCUT2D eigenvalue weighted by molar-refractivity contribution is 6.04. The van der Waals surface area contributed by atoms with E-state index in [0.717, 1.165) is 10.8 Å². The van der Waals surface area contributed by atoms with Crippen molar-refractivity contribution < 1.29 is 37.3 Å². The second kappa shape index (κ2) is 6.53. The van der Waals surface area contributed by atoms with E-state index >= 15 is 0 Å². The average molecular weight is 384 g/mol. The Balaban J connectivity index is 2.31. The van der Waals surface area contributed by atoms with Gasteiger partial charge >= 0.3 is 12.1 Å². The SMILES string of the molecule is COc1ccc(-n2cc(C(=O)O)c3c2[C@@H](C(F)(F)F)CC(=O)N3)c(OC)c1. The molecule has 0 aliphatic carbocycles. The van der Waals surface area contributed by atoms with Gasteiger partial charge in [0.1, 0.15) is 23.0 Å². The van der Waals surface area contributed by atoms with Gasteiger partial charge in [-0.2, -0.15) is 13.2 Å². The van der Waals surface area contributed by atoms with Crippen LogP contribution in [0.15, 0.2) is 24.4 Å². The van der Waals surface area contributed by atoms with Gasteiger partial charge in [0.15, 0.2) is 0 Å². The zero-order valence-electron chi connectivity index (χ0n) is 14.3. The van der Waals surface area contributed by atoms with Crippen LogP contribution in [0.3, 0.4) is 0 Å². The largest absolute Gasteiger partial charge is 0.497 e. The van der Waals surface area contributed by atoms with E-state index in [1.807, 2.05) is 0 Å². The molecule has 0 unspecified atom stereocenters. The van der Waals surface area contributed by atoms with Crippen LogP contribution >= 0.6 is 0 Å². The lowest BCUT2D eigenvalue weighted by Gasteiger charge is -2.27. The van der Waals surface area contributed by atoms with Crippen molar-refractivity contribution in [2.75, 3.05) is 19.5 Å². The van der Waals surface area contributed by atoms with E-state index in [4.69, 9.17) is 9.47 Å². The number of amides is 1. The molecular formula is C17H15F3N2O5. The minimum Gasteiger partial charge on any atom is -0.497 e. The minimum absolute atomic E-state index is 0.182. The first-order valence-electron chi connectivity index (χ1n) is 7.74. The van der Waals surface area contributed by atoms with Crippen LogP contribution in [-0.4, -0.2) is 41.9 Å². The van der Waals surface area contributed by atoms with Crippen molar-refractivity contribution in [2.45, 2.75) is 18.5 Å². The number of methoxy groups -OCH3 is 2. The van der Waals surface area contributed by atoms with Crippen LogP contribution in [0.2, 0.25) is 0 Å². The summed E-state index contributed by atoms with van der Waals surface area (Å²) in [5, 5.41) is 11.6. The fourth-order valence-corrected chi connectivity index (χ4v) is 3.08. The lowest BCUT2D eigenvalue weighted by molar-refractivity contribution is -0.157. The molecule has 2 aromatic rings. The number of nitrogens with zero attached hydrogens (tertiary/aromatic N) is 1. The summed E-state index contributed by atoms with van der Waals surface area (Å²) in [5.74, 6) is -3.91. The van der Waals surface area contributed by atoms with E-state index in [0.29, 0.717) is 5.75 Å². The summed E-state index contributed by atoms with van der Waals surface area (Å²) < 4.78 is 52.2. The third-order valence-corrected chi connectivity index (χ3v) is 4.30. The third kappa shape index (κ3) is 3.18. The summed E-state index contributed by atoms with van der Waals surface area (Å²) in [5.41, 5.74) is -0.973. The Kier molecular flexibility index (Phi) is 4.50. The lowest BCUT2D eigenvalue weighted by Crippen LogP contribution is -2.33. The number of ether oxygens (including phenoxy) is 2. The van der Waals surface area contributed by atoms with Gasteiger partial charge in [-0.15, -0.1) is 0 Å². The molecule has 1 aliphatic heterocycles. The molecule has 1 aromatic carbocycles. The molecule has 1 amide bonds. The zero-order chi connectivity index (χ0) is 19.9. The van der Waals surface area contributed by atoms with E-state index < -0.39 is 36.0 Å². The van der Waals surface area contributed by atoms with Gasteiger partial charge in [0, 0.05) is 18.7 Å². The molecule has 2 N–H and O–H groups in total. The molecule has 0 spiro atoms. The van der Waals surface area contributed by atoms with E-state index in [2.05, 4.69) is 5.32 Å².